The molecular formula is C16H18ClN3O3. The standard InChI is InChI=1S/C16H18ClN3O3/c1-9(12-5-4-11(22-2)7-14(12)23-3)20-16-13(17)6-10(8-19-16)15(18)21/h4-9H,1-3H3,(H2,18,21)(H,19,20)/t9-/m1/s1. The lowest BCUT2D eigenvalue weighted by atomic mass is 10.1. The molecule has 7 heteroatoms. The molecule has 1 heterocycles. The summed E-state index contributed by atoms with van der Waals surface area (Å²) in [7, 11) is 3.19. The highest BCUT2D eigenvalue weighted by Crippen LogP contribution is 2.32. The first kappa shape index (κ1) is 16.9. The molecule has 0 aliphatic rings. The Hall–Kier alpha value is -2.47. The number of benzene rings is 1. The molecule has 122 valence electrons. The van der Waals surface area contributed by atoms with E-state index < -0.39 is 5.91 Å². The monoisotopic (exact) mass is 335 g/mol. The van der Waals surface area contributed by atoms with Gasteiger partial charge in [0.1, 0.15) is 17.3 Å². The van der Waals surface area contributed by atoms with Gasteiger partial charge in [0.25, 0.3) is 0 Å². The summed E-state index contributed by atoms with van der Waals surface area (Å²) in [6.07, 6.45) is 1.38. The number of anilines is 1. The summed E-state index contributed by atoms with van der Waals surface area (Å²) in [5.74, 6) is 1.28. The Morgan fingerprint density at radius 1 is 1.30 bits per heavy atom. The number of hydrogen-bond acceptors (Lipinski definition) is 5. The van der Waals surface area contributed by atoms with E-state index in [9.17, 15) is 4.79 Å². The summed E-state index contributed by atoms with van der Waals surface area (Å²) in [5, 5.41) is 3.51. The van der Waals surface area contributed by atoms with Gasteiger partial charge in [0.15, 0.2) is 0 Å². The molecular weight excluding hydrogens is 318 g/mol. The Morgan fingerprint density at radius 3 is 2.61 bits per heavy atom. The zero-order valence-corrected chi connectivity index (χ0v) is 13.8. The Labute approximate surface area is 139 Å². The van der Waals surface area contributed by atoms with E-state index in [1.54, 1.807) is 20.3 Å². The van der Waals surface area contributed by atoms with Gasteiger partial charge in [0.2, 0.25) is 5.91 Å². The maximum atomic E-state index is 11.1. The number of ether oxygens (including phenoxy) is 2. The van der Waals surface area contributed by atoms with Crippen molar-refractivity contribution in [1.82, 2.24) is 4.98 Å². The number of nitrogens with zero attached hydrogens (tertiary/aromatic N) is 1. The van der Waals surface area contributed by atoms with E-state index in [0.29, 0.717) is 22.3 Å². The Morgan fingerprint density at radius 2 is 2.04 bits per heavy atom. The van der Waals surface area contributed by atoms with E-state index >= 15 is 0 Å². The van der Waals surface area contributed by atoms with Crippen LogP contribution in [-0.2, 0) is 0 Å². The number of rotatable bonds is 6. The maximum Gasteiger partial charge on any atom is 0.250 e. The van der Waals surface area contributed by atoms with Crippen molar-refractivity contribution in [3.63, 3.8) is 0 Å². The molecule has 0 saturated carbocycles. The molecule has 2 aromatic rings. The fourth-order valence-corrected chi connectivity index (χ4v) is 2.36. The predicted octanol–water partition coefficient (Wildman–Crippen LogP) is 3.02. The average molecular weight is 336 g/mol. The van der Waals surface area contributed by atoms with Crippen molar-refractivity contribution in [3.8, 4) is 11.5 Å². The van der Waals surface area contributed by atoms with Crippen LogP contribution in [0.15, 0.2) is 30.5 Å². The molecule has 1 aromatic carbocycles. The lowest BCUT2D eigenvalue weighted by Crippen LogP contribution is -2.13. The molecule has 1 atom stereocenters. The van der Waals surface area contributed by atoms with Crippen LogP contribution in [0, 0.1) is 0 Å². The van der Waals surface area contributed by atoms with Crippen molar-refractivity contribution in [2.24, 2.45) is 5.73 Å². The minimum absolute atomic E-state index is 0.125. The van der Waals surface area contributed by atoms with Crippen molar-refractivity contribution in [2.75, 3.05) is 19.5 Å². The second-order valence-corrected chi connectivity index (χ2v) is 5.30. The van der Waals surface area contributed by atoms with Crippen LogP contribution >= 0.6 is 11.6 Å². The van der Waals surface area contributed by atoms with E-state index in [2.05, 4.69) is 10.3 Å². The fourth-order valence-electron chi connectivity index (χ4n) is 2.14. The summed E-state index contributed by atoms with van der Waals surface area (Å²) < 4.78 is 10.6. The smallest absolute Gasteiger partial charge is 0.250 e. The number of aromatic nitrogens is 1. The van der Waals surface area contributed by atoms with Gasteiger partial charge in [0.05, 0.1) is 30.8 Å². The number of nitrogens with one attached hydrogen (secondary N) is 1. The van der Waals surface area contributed by atoms with Crippen molar-refractivity contribution < 1.29 is 14.3 Å². The number of amides is 1. The SMILES string of the molecule is COc1ccc([C@@H](C)Nc2ncc(C(N)=O)cc2Cl)c(OC)c1. The van der Waals surface area contributed by atoms with Gasteiger partial charge in [-0.05, 0) is 25.1 Å². The van der Waals surface area contributed by atoms with Crippen LogP contribution < -0.4 is 20.5 Å². The van der Waals surface area contributed by atoms with Crippen molar-refractivity contribution in [1.29, 1.82) is 0 Å². The highest BCUT2D eigenvalue weighted by Gasteiger charge is 2.15. The number of nitrogens with two attached hydrogens (primary N) is 1. The minimum atomic E-state index is -0.573. The van der Waals surface area contributed by atoms with E-state index in [1.165, 1.54) is 12.3 Å². The van der Waals surface area contributed by atoms with Crippen LogP contribution in [0.25, 0.3) is 0 Å². The van der Waals surface area contributed by atoms with Crippen LogP contribution in [-0.4, -0.2) is 25.1 Å². The number of carbonyl (C=O) groups excluding carboxylic acids is 1. The number of carbonyl (C=O) groups is 1. The lowest BCUT2D eigenvalue weighted by molar-refractivity contribution is 0.1000. The van der Waals surface area contributed by atoms with E-state index in [-0.39, 0.29) is 11.6 Å². The quantitative estimate of drug-likeness (QED) is 0.847. The second-order valence-electron chi connectivity index (χ2n) is 4.89. The van der Waals surface area contributed by atoms with Crippen LogP contribution in [0.2, 0.25) is 5.02 Å². The first-order valence-electron chi connectivity index (χ1n) is 6.90. The average Bonchev–Trinajstić information content (AvgIpc) is 2.55. The molecule has 0 unspecified atom stereocenters. The molecule has 6 nitrogen and oxygen atoms in total. The van der Waals surface area contributed by atoms with Gasteiger partial charge in [-0.2, -0.15) is 0 Å². The molecule has 23 heavy (non-hydrogen) atoms. The summed E-state index contributed by atoms with van der Waals surface area (Å²) in [6, 6.07) is 6.92. The largest absolute Gasteiger partial charge is 0.497 e. The van der Waals surface area contributed by atoms with Crippen molar-refractivity contribution in [2.45, 2.75) is 13.0 Å². The van der Waals surface area contributed by atoms with Crippen molar-refractivity contribution >= 4 is 23.3 Å². The van der Waals surface area contributed by atoms with Gasteiger partial charge in [0, 0.05) is 17.8 Å². The van der Waals surface area contributed by atoms with Crippen molar-refractivity contribution in [3.05, 3.63) is 46.6 Å². The predicted molar refractivity (Wildman–Crippen MR) is 89.3 cm³/mol. The van der Waals surface area contributed by atoms with Gasteiger partial charge in [-0.15, -0.1) is 0 Å². The maximum absolute atomic E-state index is 11.1. The molecule has 1 aromatic heterocycles. The zero-order chi connectivity index (χ0) is 17.0. The molecule has 3 N–H and O–H groups in total. The van der Waals surface area contributed by atoms with Gasteiger partial charge in [-0.3, -0.25) is 4.79 Å². The number of hydrogen-bond donors (Lipinski definition) is 2. The third-order valence-electron chi connectivity index (χ3n) is 3.39. The molecule has 0 bridgehead atoms. The highest BCUT2D eigenvalue weighted by molar-refractivity contribution is 6.33. The Bertz CT molecular complexity index is 722. The van der Waals surface area contributed by atoms with Gasteiger partial charge in [-0.1, -0.05) is 11.6 Å². The number of methoxy groups -OCH3 is 2. The molecule has 0 spiro atoms. The molecule has 0 radical (unpaired) electrons. The van der Waals surface area contributed by atoms with Crippen LogP contribution in [0.3, 0.4) is 0 Å². The highest BCUT2D eigenvalue weighted by atomic mass is 35.5. The molecule has 0 aliphatic carbocycles. The minimum Gasteiger partial charge on any atom is -0.497 e. The molecule has 2 rings (SSSR count). The third kappa shape index (κ3) is 3.84. The first-order valence-corrected chi connectivity index (χ1v) is 7.28. The Balaban J connectivity index is 2.25. The normalized spacial score (nSPS) is 11.7. The number of halogens is 1. The Kier molecular flexibility index (Phi) is 5.28. The lowest BCUT2D eigenvalue weighted by Gasteiger charge is -2.19. The van der Waals surface area contributed by atoms with E-state index in [4.69, 9.17) is 26.8 Å². The first-order chi connectivity index (χ1) is 11.0. The van der Waals surface area contributed by atoms with Crippen LogP contribution in [0.5, 0.6) is 11.5 Å². The number of primary amides is 1. The van der Waals surface area contributed by atoms with Gasteiger partial charge >= 0.3 is 0 Å². The summed E-state index contributed by atoms with van der Waals surface area (Å²) in [5.41, 5.74) is 6.38. The summed E-state index contributed by atoms with van der Waals surface area (Å²) in [6.45, 7) is 1.95. The molecule has 0 saturated heterocycles. The van der Waals surface area contributed by atoms with E-state index in [1.807, 2.05) is 19.1 Å². The van der Waals surface area contributed by atoms with Crippen LogP contribution in [0.4, 0.5) is 5.82 Å². The summed E-state index contributed by atoms with van der Waals surface area (Å²) >= 11 is 6.14. The third-order valence-corrected chi connectivity index (χ3v) is 3.67. The molecule has 1 amide bonds. The van der Waals surface area contributed by atoms with Crippen LogP contribution in [0.1, 0.15) is 28.9 Å². The zero-order valence-electron chi connectivity index (χ0n) is 13.1. The molecule has 0 fully saturated rings. The van der Waals surface area contributed by atoms with Gasteiger partial charge < -0.3 is 20.5 Å². The fraction of sp³-hybridized carbons (Fsp3) is 0.250. The van der Waals surface area contributed by atoms with Gasteiger partial charge in [-0.25, -0.2) is 4.98 Å². The van der Waals surface area contributed by atoms with E-state index in [0.717, 1.165) is 5.56 Å². The second kappa shape index (κ2) is 7.19. The molecule has 0 aliphatic heterocycles. The number of pyridine rings is 1. The summed E-state index contributed by atoms with van der Waals surface area (Å²) in [4.78, 5) is 15.3. The topological polar surface area (TPSA) is 86.5 Å².